The molecule has 0 unspecified atom stereocenters. The number of carbonyl (C=O) groups is 1. The van der Waals surface area contributed by atoms with Gasteiger partial charge < -0.3 is 5.11 Å². The van der Waals surface area contributed by atoms with Crippen LogP contribution in [0.15, 0.2) is 0 Å². The molecule has 0 saturated carbocycles. The molecular formula is C8H5ClF3NO4. The van der Waals surface area contributed by atoms with Crippen molar-refractivity contribution >= 4 is 23.6 Å². The number of hydrogen-bond donors (Lipinski definition) is 1. The van der Waals surface area contributed by atoms with Crippen molar-refractivity contribution in [3.63, 3.8) is 0 Å². The van der Waals surface area contributed by atoms with Gasteiger partial charge in [-0.3, -0.25) is 14.9 Å². The molecule has 0 aliphatic carbocycles. The maximum atomic E-state index is 13.0. The summed E-state index contributed by atoms with van der Waals surface area (Å²) in [5.41, 5.74) is -2.78. The van der Waals surface area contributed by atoms with E-state index in [1.807, 2.05) is 0 Å². The Morgan fingerprint density at radius 1 is 1.24 bits per heavy atom. The summed E-state index contributed by atoms with van der Waals surface area (Å²) in [6.07, 6.45) is -0.304. The van der Waals surface area contributed by atoms with Crippen molar-refractivity contribution in [2.75, 3.05) is 7.11 Å². The molecule has 9 heteroatoms. The lowest BCUT2D eigenvalue weighted by atomic mass is 10.1. The third-order valence-electron chi connectivity index (χ3n) is 1.58. The smallest absolute Gasteiger partial charge is 0.321 e. The molecule has 0 fully saturated rings. The molecule has 1 N–H and O–H groups in total. The van der Waals surface area contributed by atoms with Crippen LogP contribution in [0.4, 0.5) is 18.9 Å². The number of nitro benzene ring substituents is 1. The summed E-state index contributed by atoms with van der Waals surface area (Å²) < 4.78 is 38.7. The van der Waals surface area contributed by atoms with Crippen molar-refractivity contribution in [2.24, 2.45) is 0 Å². The van der Waals surface area contributed by atoms with Crippen LogP contribution >= 0.6 is 11.6 Å². The SMILES string of the molecule is CO.O=Cc1c(F)c(Cl)c(F)c(F)c1[N+](=O)[O-]. The van der Waals surface area contributed by atoms with Crippen molar-refractivity contribution in [3.05, 3.63) is 38.2 Å². The van der Waals surface area contributed by atoms with Crippen molar-refractivity contribution in [2.45, 2.75) is 0 Å². The van der Waals surface area contributed by atoms with E-state index in [1.54, 1.807) is 0 Å². The van der Waals surface area contributed by atoms with Crippen LogP contribution in [0, 0.1) is 27.6 Å². The molecule has 0 bridgehead atoms. The Labute approximate surface area is 97.6 Å². The van der Waals surface area contributed by atoms with Gasteiger partial charge in [0.15, 0.2) is 17.9 Å². The number of rotatable bonds is 2. The van der Waals surface area contributed by atoms with Gasteiger partial charge in [0.25, 0.3) is 0 Å². The minimum absolute atomic E-state index is 0.304. The van der Waals surface area contributed by atoms with E-state index in [0.29, 0.717) is 0 Å². The van der Waals surface area contributed by atoms with E-state index in [0.717, 1.165) is 7.11 Å². The molecule has 0 aromatic heterocycles. The van der Waals surface area contributed by atoms with E-state index in [4.69, 9.17) is 16.7 Å². The highest BCUT2D eigenvalue weighted by atomic mass is 35.5. The van der Waals surface area contributed by atoms with Gasteiger partial charge in [-0.15, -0.1) is 0 Å². The lowest BCUT2D eigenvalue weighted by molar-refractivity contribution is -0.388. The number of aliphatic hydroxyl groups is 1. The highest BCUT2D eigenvalue weighted by Crippen LogP contribution is 2.32. The Morgan fingerprint density at radius 2 is 1.71 bits per heavy atom. The predicted octanol–water partition coefficient (Wildman–Crippen LogP) is 2.09. The molecular weight excluding hydrogens is 267 g/mol. The minimum Gasteiger partial charge on any atom is -0.400 e. The van der Waals surface area contributed by atoms with Crippen LogP contribution in [0.1, 0.15) is 10.4 Å². The molecule has 17 heavy (non-hydrogen) atoms. The molecule has 0 spiro atoms. The standard InChI is InChI=1S/C7HClF3NO3.CH4O/c8-3-4(9)2(1-13)7(12(14)15)6(11)5(3)10;1-2/h1H;2H,1H3. The number of nitrogens with zero attached hydrogens (tertiary/aromatic N) is 1. The first-order chi connectivity index (χ1) is 7.91. The molecule has 0 amide bonds. The molecule has 0 heterocycles. The average molecular weight is 272 g/mol. The monoisotopic (exact) mass is 271 g/mol. The Kier molecular flexibility index (Phi) is 5.56. The fourth-order valence-corrected chi connectivity index (χ4v) is 1.11. The molecule has 0 aliphatic heterocycles. The highest BCUT2D eigenvalue weighted by molar-refractivity contribution is 6.31. The lowest BCUT2D eigenvalue weighted by Crippen LogP contribution is -2.05. The van der Waals surface area contributed by atoms with Crippen LogP contribution in [0.2, 0.25) is 5.02 Å². The first-order valence-electron chi connectivity index (χ1n) is 3.82. The Balaban J connectivity index is 0.00000121. The predicted molar refractivity (Wildman–Crippen MR) is 51.5 cm³/mol. The number of halogens is 4. The normalized spacial score (nSPS) is 9.29. The fraction of sp³-hybridized carbons (Fsp3) is 0.125. The van der Waals surface area contributed by atoms with Crippen LogP contribution in [0.25, 0.3) is 0 Å². The van der Waals surface area contributed by atoms with Gasteiger partial charge in [-0.25, -0.2) is 8.78 Å². The number of nitro groups is 1. The maximum absolute atomic E-state index is 13.0. The summed E-state index contributed by atoms with van der Waals surface area (Å²) in [5.74, 6) is -5.52. The maximum Gasteiger partial charge on any atom is 0.321 e. The second-order valence-corrected chi connectivity index (χ2v) is 2.77. The Bertz CT molecular complexity index is 467. The van der Waals surface area contributed by atoms with Gasteiger partial charge in [0.2, 0.25) is 5.82 Å². The van der Waals surface area contributed by atoms with Crippen LogP contribution in [0.3, 0.4) is 0 Å². The fourth-order valence-electron chi connectivity index (χ4n) is 0.923. The third-order valence-corrected chi connectivity index (χ3v) is 1.91. The summed E-state index contributed by atoms with van der Waals surface area (Å²) in [7, 11) is 1.00. The van der Waals surface area contributed by atoms with E-state index >= 15 is 0 Å². The van der Waals surface area contributed by atoms with Crippen LogP contribution in [-0.2, 0) is 0 Å². The molecule has 0 radical (unpaired) electrons. The largest absolute Gasteiger partial charge is 0.400 e. The first kappa shape index (κ1) is 15.3. The summed E-state index contributed by atoms with van der Waals surface area (Å²) in [6.45, 7) is 0. The summed E-state index contributed by atoms with van der Waals surface area (Å²) in [4.78, 5) is 19.1. The second-order valence-electron chi connectivity index (χ2n) is 2.39. The van der Waals surface area contributed by atoms with E-state index in [2.05, 4.69) is 0 Å². The molecule has 94 valence electrons. The van der Waals surface area contributed by atoms with E-state index in [1.165, 1.54) is 0 Å². The molecule has 0 aliphatic rings. The van der Waals surface area contributed by atoms with Crippen LogP contribution < -0.4 is 0 Å². The van der Waals surface area contributed by atoms with Gasteiger partial charge in [-0.1, -0.05) is 11.6 Å². The zero-order chi connectivity index (χ0) is 13.7. The van der Waals surface area contributed by atoms with Gasteiger partial charge in [0, 0.05) is 7.11 Å². The lowest BCUT2D eigenvalue weighted by Gasteiger charge is -2.02. The molecule has 0 atom stereocenters. The van der Waals surface area contributed by atoms with E-state index < -0.39 is 38.6 Å². The van der Waals surface area contributed by atoms with Gasteiger partial charge in [-0.2, -0.15) is 4.39 Å². The van der Waals surface area contributed by atoms with Gasteiger partial charge in [0.1, 0.15) is 10.6 Å². The number of hydrogen-bond acceptors (Lipinski definition) is 4. The third kappa shape index (κ3) is 2.71. The van der Waals surface area contributed by atoms with Crippen molar-refractivity contribution in [3.8, 4) is 0 Å². The minimum atomic E-state index is -1.96. The van der Waals surface area contributed by atoms with Crippen molar-refractivity contribution < 1.29 is 28.0 Å². The Hall–Kier alpha value is -1.67. The zero-order valence-corrected chi connectivity index (χ0v) is 8.96. The molecule has 1 aromatic carbocycles. The number of carbonyl (C=O) groups excluding carboxylic acids is 1. The summed E-state index contributed by atoms with van der Waals surface area (Å²) >= 11 is 4.97. The highest BCUT2D eigenvalue weighted by Gasteiger charge is 2.31. The second kappa shape index (κ2) is 6.16. The molecule has 5 nitrogen and oxygen atoms in total. The van der Waals surface area contributed by atoms with E-state index in [9.17, 15) is 28.1 Å². The van der Waals surface area contributed by atoms with Gasteiger partial charge in [-0.05, 0) is 0 Å². The van der Waals surface area contributed by atoms with Crippen LogP contribution in [0.5, 0.6) is 0 Å². The van der Waals surface area contributed by atoms with Gasteiger partial charge >= 0.3 is 5.69 Å². The van der Waals surface area contributed by atoms with Crippen LogP contribution in [-0.4, -0.2) is 23.4 Å². The first-order valence-corrected chi connectivity index (χ1v) is 4.19. The molecule has 1 aromatic rings. The number of aldehydes is 1. The van der Waals surface area contributed by atoms with E-state index in [-0.39, 0.29) is 6.29 Å². The topological polar surface area (TPSA) is 80.4 Å². The molecule has 0 saturated heterocycles. The Morgan fingerprint density at radius 3 is 2.06 bits per heavy atom. The quantitative estimate of drug-likeness (QED) is 0.294. The van der Waals surface area contributed by atoms with Gasteiger partial charge in [0.05, 0.1) is 4.92 Å². The summed E-state index contributed by atoms with van der Waals surface area (Å²) in [6, 6.07) is 0. The average Bonchev–Trinajstić information content (AvgIpc) is 2.32. The summed E-state index contributed by atoms with van der Waals surface area (Å²) in [5, 5.41) is 16.0. The van der Waals surface area contributed by atoms with Crippen molar-refractivity contribution in [1.29, 1.82) is 0 Å². The van der Waals surface area contributed by atoms with Crippen molar-refractivity contribution in [1.82, 2.24) is 0 Å². The zero-order valence-electron chi connectivity index (χ0n) is 8.21. The number of benzene rings is 1. The number of aliphatic hydroxyl groups excluding tert-OH is 1. The molecule has 1 rings (SSSR count).